The Morgan fingerprint density at radius 2 is 1.22 bits per heavy atom. The Labute approximate surface area is 219 Å². The average Bonchev–Trinajstić information content (AvgIpc) is 3.31. The topological polar surface area (TPSA) is 48.8 Å². The Bertz CT molecular complexity index is 1290. The van der Waals surface area contributed by atoms with Gasteiger partial charge in [0.2, 0.25) is 0 Å². The van der Waals surface area contributed by atoms with Gasteiger partial charge in [0, 0.05) is 30.3 Å². The minimum Gasteiger partial charge on any atom is -0.497 e. The molecule has 2 heterocycles. The monoisotopic (exact) mass is 497 g/mol. The molecule has 0 N–H and O–H groups in total. The van der Waals surface area contributed by atoms with Crippen LogP contribution in [0.1, 0.15) is 19.3 Å². The normalized spacial score (nSPS) is 13.9. The van der Waals surface area contributed by atoms with Crippen LogP contribution in [0, 0.1) is 0 Å². The molecule has 1 aliphatic heterocycles. The van der Waals surface area contributed by atoms with E-state index in [1.54, 1.807) is 14.2 Å². The predicted molar refractivity (Wildman–Crippen MR) is 148 cm³/mol. The Hall–Kier alpha value is -3.77. The molecule has 0 bridgehead atoms. The van der Waals surface area contributed by atoms with Crippen LogP contribution in [-0.4, -0.2) is 54.9 Å². The van der Waals surface area contributed by atoms with Crippen LogP contribution in [0.2, 0.25) is 0 Å². The predicted octanol–water partition coefficient (Wildman–Crippen LogP) is 6.30. The number of imidazole rings is 1. The summed E-state index contributed by atoms with van der Waals surface area (Å²) in [5, 5.41) is 0. The molecule has 0 atom stereocenters. The molecule has 5 rings (SSSR count). The third-order valence-corrected chi connectivity index (χ3v) is 7.06. The Balaban J connectivity index is 1.42. The van der Waals surface area contributed by atoms with Crippen molar-refractivity contribution in [1.29, 1.82) is 0 Å². The van der Waals surface area contributed by atoms with Crippen LogP contribution in [0.15, 0.2) is 72.8 Å². The number of rotatable bonds is 9. The number of nitrogens with zero attached hydrogens (tertiary/aromatic N) is 3. The first kappa shape index (κ1) is 24.9. The summed E-state index contributed by atoms with van der Waals surface area (Å²) < 4.78 is 18.9. The van der Waals surface area contributed by atoms with Crippen molar-refractivity contribution in [1.82, 2.24) is 14.5 Å². The van der Waals surface area contributed by atoms with Gasteiger partial charge in [-0.15, -0.1) is 0 Å². The Morgan fingerprint density at radius 1 is 0.676 bits per heavy atom. The van der Waals surface area contributed by atoms with Crippen molar-refractivity contribution in [3.05, 3.63) is 72.8 Å². The van der Waals surface area contributed by atoms with E-state index >= 15 is 0 Å². The molecule has 6 nitrogen and oxygen atoms in total. The number of benzene rings is 3. The molecule has 192 valence electrons. The summed E-state index contributed by atoms with van der Waals surface area (Å²) in [5.74, 6) is 3.44. The lowest BCUT2D eigenvalue weighted by atomic mass is 10.0. The maximum atomic E-state index is 6.05. The Morgan fingerprint density at radius 3 is 1.81 bits per heavy atom. The van der Waals surface area contributed by atoms with Crippen LogP contribution in [0.4, 0.5) is 0 Å². The maximum absolute atomic E-state index is 6.05. The second-order valence-electron chi connectivity index (χ2n) is 9.42. The third kappa shape index (κ3) is 5.65. The van der Waals surface area contributed by atoms with Gasteiger partial charge < -0.3 is 18.8 Å². The quantitative estimate of drug-likeness (QED) is 0.271. The molecular weight excluding hydrogens is 462 g/mol. The number of ether oxygens (including phenoxy) is 3. The molecule has 3 aromatic carbocycles. The fourth-order valence-corrected chi connectivity index (χ4v) is 4.96. The van der Waals surface area contributed by atoms with Crippen molar-refractivity contribution in [3.8, 4) is 51.2 Å². The van der Waals surface area contributed by atoms with E-state index < -0.39 is 0 Å². The van der Waals surface area contributed by atoms with Crippen molar-refractivity contribution in [3.63, 3.8) is 0 Å². The summed E-state index contributed by atoms with van der Waals surface area (Å²) in [4.78, 5) is 7.61. The van der Waals surface area contributed by atoms with Gasteiger partial charge in [0.1, 0.15) is 29.7 Å². The number of hydrogen-bond donors (Lipinski definition) is 0. The van der Waals surface area contributed by atoms with E-state index in [2.05, 4.69) is 52.9 Å². The zero-order valence-electron chi connectivity index (χ0n) is 21.9. The van der Waals surface area contributed by atoms with Gasteiger partial charge >= 0.3 is 0 Å². The van der Waals surface area contributed by atoms with E-state index in [-0.39, 0.29) is 0 Å². The third-order valence-electron chi connectivity index (χ3n) is 7.06. The SMILES string of the molecule is COc1ccc(-c2nc(-c3ccc(OCCN4CCCCC4)cc3)n(C)c2-c2ccc(OC)cc2)cc1. The van der Waals surface area contributed by atoms with Gasteiger partial charge in [0.15, 0.2) is 0 Å². The number of aromatic nitrogens is 2. The second-order valence-corrected chi connectivity index (χ2v) is 9.42. The van der Waals surface area contributed by atoms with Crippen LogP contribution in [0.5, 0.6) is 17.2 Å². The van der Waals surface area contributed by atoms with Crippen LogP contribution < -0.4 is 14.2 Å². The molecule has 4 aromatic rings. The zero-order chi connectivity index (χ0) is 25.6. The summed E-state index contributed by atoms with van der Waals surface area (Å²) in [6, 6.07) is 24.4. The van der Waals surface area contributed by atoms with Gasteiger partial charge in [-0.3, -0.25) is 4.90 Å². The summed E-state index contributed by atoms with van der Waals surface area (Å²) in [7, 11) is 5.43. The maximum Gasteiger partial charge on any atom is 0.140 e. The smallest absolute Gasteiger partial charge is 0.140 e. The lowest BCUT2D eigenvalue weighted by Gasteiger charge is -2.26. The highest BCUT2D eigenvalue weighted by atomic mass is 16.5. The number of piperidine rings is 1. The van der Waals surface area contributed by atoms with Gasteiger partial charge in [0.25, 0.3) is 0 Å². The van der Waals surface area contributed by atoms with Crippen molar-refractivity contribution in [2.24, 2.45) is 7.05 Å². The van der Waals surface area contributed by atoms with E-state index in [1.165, 1.54) is 32.4 Å². The van der Waals surface area contributed by atoms with E-state index in [0.29, 0.717) is 6.61 Å². The Kier molecular flexibility index (Phi) is 7.76. The largest absolute Gasteiger partial charge is 0.497 e. The van der Waals surface area contributed by atoms with E-state index in [1.807, 2.05) is 36.4 Å². The summed E-state index contributed by atoms with van der Waals surface area (Å²) in [5.41, 5.74) is 5.12. The van der Waals surface area contributed by atoms with Crippen LogP contribution in [-0.2, 0) is 7.05 Å². The molecular formula is C31H35N3O3. The summed E-state index contributed by atoms with van der Waals surface area (Å²) >= 11 is 0. The molecule has 0 spiro atoms. The standard InChI is InChI=1S/C31H35N3O3/c1-33-30(24-9-15-27(36-3)16-10-24)29(23-7-13-26(35-2)14-8-23)32-31(33)25-11-17-28(18-12-25)37-22-21-34-19-5-4-6-20-34/h7-18H,4-6,19-22H2,1-3H3. The number of likely N-dealkylation sites (tertiary alicyclic amines) is 1. The summed E-state index contributed by atoms with van der Waals surface area (Å²) in [6.07, 6.45) is 3.96. The fourth-order valence-electron chi connectivity index (χ4n) is 4.96. The van der Waals surface area contributed by atoms with Gasteiger partial charge in [-0.25, -0.2) is 4.98 Å². The highest BCUT2D eigenvalue weighted by Crippen LogP contribution is 2.37. The average molecular weight is 498 g/mol. The first-order valence-corrected chi connectivity index (χ1v) is 13.0. The fraction of sp³-hybridized carbons (Fsp3) is 0.323. The molecule has 1 saturated heterocycles. The first-order valence-electron chi connectivity index (χ1n) is 13.0. The highest BCUT2D eigenvalue weighted by Gasteiger charge is 2.19. The molecule has 0 unspecified atom stereocenters. The minimum absolute atomic E-state index is 0.713. The molecule has 0 amide bonds. The van der Waals surface area contributed by atoms with Crippen molar-refractivity contribution < 1.29 is 14.2 Å². The molecule has 0 saturated carbocycles. The van der Waals surface area contributed by atoms with Crippen LogP contribution in [0.3, 0.4) is 0 Å². The molecule has 0 aliphatic carbocycles. The van der Waals surface area contributed by atoms with E-state index in [9.17, 15) is 0 Å². The van der Waals surface area contributed by atoms with Crippen molar-refractivity contribution in [2.45, 2.75) is 19.3 Å². The van der Waals surface area contributed by atoms with Gasteiger partial charge in [-0.2, -0.15) is 0 Å². The van der Waals surface area contributed by atoms with Crippen molar-refractivity contribution >= 4 is 0 Å². The molecule has 37 heavy (non-hydrogen) atoms. The van der Waals surface area contributed by atoms with Gasteiger partial charge in [-0.1, -0.05) is 6.42 Å². The molecule has 1 aliphatic rings. The van der Waals surface area contributed by atoms with E-state index in [0.717, 1.165) is 57.7 Å². The van der Waals surface area contributed by atoms with E-state index in [4.69, 9.17) is 19.2 Å². The van der Waals surface area contributed by atoms with Crippen molar-refractivity contribution in [2.75, 3.05) is 40.5 Å². The zero-order valence-corrected chi connectivity index (χ0v) is 21.9. The molecule has 0 radical (unpaired) electrons. The molecule has 1 fully saturated rings. The summed E-state index contributed by atoms with van der Waals surface area (Å²) in [6.45, 7) is 4.07. The first-order chi connectivity index (χ1) is 18.2. The minimum atomic E-state index is 0.713. The van der Waals surface area contributed by atoms with Gasteiger partial charge in [-0.05, 0) is 98.7 Å². The second kappa shape index (κ2) is 11.5. The highest BCUT2D eigenvalue weighted by molar-refractivity contribution is 5.82. The lowest BCUT2D eigenvalue weighted by molar-refractivity contribution is 0.183. The lowest BCUT2D eigenvalue weighted by Crippen LogP contribution is -2.33. The molecule has 1 aromatic heterocycles. The van der Waals surface area contributed by atoms with Crippen LogP contribution in [0.25, 0.3) is 33.9 Å². The number of hydrogen-bond acceptors (Lipinski definition) is 5. The van der Waals surface area contributed by atoms with Gasteiger partial charge in [0.05, 0.1) is 25.6 Å². The van der Waals surface area contributed by atoms with Crippen LogP contribution >= 0.6 is 0 Å². The number of methoxy groups -OCH3 is 2. The molecule has 6 heteroatoms.